The van der Waals surface area contributed by atoms with E-state index in [-0.39, 0.29) is 18.6 Å². The van der Waals surface area contributed by atoms with Crippen molar-refractivity contribution in [3.8, 4) is 0 Å². The fourth-order valence-corrected chi connectivity index (χ4v) is 2.65. The summed E-state index contributed by atoms with van der Waals surface area (Å²) >= 11 is 5.79. The molecule has 0 radical (unpaired) electrons. The molecule has 4 nitrogen and oxygen atoms in total. The van der Waals surface area contributed by atoms with Crippen LogP contribution in [-0.4, -0.2) is 24.8 Å². The van der Waals surface area contributed by atoms with Crippen LogP contribution in [0, 0.1) is 5.92 Å². The molecule has 1 aliphatic carbocycles. The van der Waals surface area contributed by atoms with Crippen molar-refractivity contribution in [3.05, 3.63) is 34.9 Å². The van der Waals surface area contributed by atoms with Crippen molar-refractivity contribution in [1.29, 1.82) is 0 Å². The van der Waals surface area contributed by atoms with Crippen LogP contribution in [0.4, 0.5) is 0 Å². The van der Waals surface area contributed by atoms with Gasteiger partial charge in [-0.25, -0.2) is 0 Å². The van der Waals surface area contributed by atoms with Crippen LogP contribution in [-0.2, 0) is 9.63 Å². The molecule has 1 aliphatic rings. The van der Waals surface area contributed by atoms with Gasteiger partial charge in [-0.2, -0.15) is 0 Å². The molecule has 21 heavy (non-hydrogen) atoms. The van der Waals surface area contributed by atoms with Gasteiger partial charge in [0.1, 0.15) is 0 Å². The molecule has 1 N–H and O–H groups in total. The predicted octanol–water partition coefficient (Wildman–Crippen LogP) is 3.39. The minimum absolute atomic E-state index is 0.0483. The third-order valence-electron chi connectivity index (χ3n) is 3.80. The Balaban J connectivity index is 1.70. The molecule has 0 aromatic heterocycles. The summed E-state index contributed by atoms with van der Waals surface area (Å²) in [4.78, 5) is 16.8. The van der Waals surface area contributed by atoms with Gasteiger partial charge in [0.2, 0.25) is 0 Å². The van der Waals surface area contributed by atoms with Gasteiger partial charge in [0, 0.05) is 11.1 Å². The average molecular weight is 309 g/mol. The zero-order chi connectivity index (χ0) is 15.1. The highest BCUT2D eigenvalue weighted by molar-refractivity contribution is 6.30. The van der Waals surface area contributed by atoms with Gasteiger partial charge in [-0.15, -0.1) is 0 Å². The number of halogens is 1. The van der Waals surface area contributed by atoms with E-state index in [1.807, 2.05) is 12.1 Å². The van der Waals surface area contributed by atoms with Crippen molar-refractivity contribution in [1.82, 2.24) is 5.32 Å². The van der Waals surface area contributed by atoms with E-state index in [4.69, 9.17) is 16.4 Å². The van der Waals surface area contributed by atoms with Gasteiger partial charge in [0.15, 0.2) is 6.61 Å². The van der Waals surface area contributed by atoms with Gasteiger partial charge >= 0.3 is 0 Å². The summed E-state index contributed by atoms with van der Waals surface area (Å²) < 4.78 is 0. The first-order chi connectivity index (χ1) is 10.1. The van der Waals surface area contributed by atoms with E-state index in [2.05, 4.69) is 17.4 Å². The molecule has 1 fully saturated rings. The van der Waals surface area contributed by atoms with E-state index in [9.17, 15) is 4.79 Å². The Bertz CT molecular complexity index is 488. The van der Waals surface area contributed by atoms with E-state index in [1.165, 1.54) is 19.3 Å². The number of rotatable bonds is 5. The second-order valence-corrected chi connectivity index (χ2v) is 5.93. The van der Waals surface area contributed by atoms with Crippen LogP contribution in [0.3, 0.4) is 0 Å². The van der Waals surface area contributed by atoms with Gasteiger partial charge in [0.05, 0.1) is 6.21 Å². The van der Waals surface area contributed by atoms with Crippen molar-refractivity contribution in [2.24, 2.45) is 11.1 Å². The summed E-state index contributed by atoms with van der Waals surface area (Å²) in [5, 5.41) is 7.49. The van der Waals surface area contributed by atoms with Crippen molar-refractivity contribution < 1.29 is 9.63 Å². The van der Waals surface area contributed by atoms with Crippen LogP contribution in [0.2, 0.25) is 5.02 Å². The molecule has 5 heteroatoms. The van der Waals surface area contributed by atoms with Crippen LogP contribution in [0.1, 0.15) is 38.2 Å². The van der Waals surface area contributed by atoms with E-state index < -0.39 is 0 Å². The normalized spacial score (nSPS) is 22.2. The molecule has 0 aliphatic heterocycles. The maximum absolute atomic E-state index is 11.8. The number of hydrogen-bond acceptors (Lipinski definition) is 3. The number of benzene rings is 1. The SMILES string of the molecule is CC1CCCCC1NC(=O)CO/N=C/c1ccc(Cl)cc1. The first-order valence-corrected chi connectivity index (χ1v) is 7.73. The topological polar surface area (TPSA) is 50.7 Å². The van der Waals surface area contributed by atoms with Crippen LogP contribution >= 0.6 is 11.6 Å². The Kier molecular flexibility index (Phi) is 6.05. The first-order valence-electron chi connectivity index (χ1n) is 7.35. The fourth-order valence-electron chi connectivity index (χ4n) is 2.52. The van der Waals surface area contributed by atoms with Crippen LogP contribution in [0.15, 0.2) is 29.4 Å². The number of nitrogens with zero attached hydrogens (tertiary/aromatic N) is 1. The second-order valence-electron chi connectivity index (χ2n) is 5.50. The maximum atomic E-state index is 11.8. The fraction of sp³-hybridized carbons (Fsp3) is 0.500. The molecule has 2 atom stereocenters. The van der Waals surface area contributed by atoms with Crippen LogP contribution in [0.5, 0.6) is 0 Å². The van der Waals surface area contributed by atoms with Gasteiger partial charge in [-0.05, 0) is 36.5 Å². The largest absolute Gasteiger partial charge is 0.386 e. The molecular formula is C16H21ClN2O2. The Morgan fingerprint density at radius 1 is 1.38 bits per heavy atom. The molecule has 1 aromatic rings. The van der Waals surface area contributed by atoms with E-state index >= 15 is 0 Å². The Labute approximate surface area is 130 Å². The number of carbonyl (C=O) groups excluding carboxylic acids is 1. The summed E-state index contributed by atoms with van der Waals surface area (Å²) in [5.41, 5.74) is 0.876. The number of nitrogens with one attached hydrogen (secondary N) is 1. The highest BCUT2D eigenvalue weighted by Gasteiger charge is 2.22. The summed E-state index contributed by atoms with van der Waals surface area (Å²) in [7, 11) is 0. The predicted molar refractivity (Wildman–Crippen MR) is 84.6 cm³/mol. The van der Waals surface area contributed by atoms with Crippen LogP contribution in [0.25, 0.3) is 0 Å². The quantitative estimate of drug-likeness (QED) is 0.669. The molecular weight excluding hydrogens is 288 g/mol. The Morgan fingerprint density at radius 3 is 2.81 bits per heavy atom. The Morgan fingerprint density at radius 2 is 2.10 bits per heavy atom. The summed E-state index contributed by atoms with van der Waals surface area (Å²) in [6.07, 6.45) is 6.24. The van der Waals surface area contributed by atoms with E-state index in [0.717, 1.165) is 12.0 Å². The molecule has 1 aromatic carbocycles. The lowest BCUT2D eigenvalue weighted by Crippen LogP contribution is -2.42. The summed E-state index contributed by atoms with van der Waals surface area (Å²) in [5.74, 6) is 0.433. The summed E-state index contributed by atoms with van der Waals surface area (Å²) in [6.45, 7) is 2.14. The molecule has 0 saturated heterocycles. The monoisotopic (exact) mass is 308 g/mol. The smallest absolute Gasteiger partial charge is 0.261 e. The zero-order valence-electron chi connectivity index (χ0n) is 12.2. The van der Waals surface area contributed by atoms with E-state index in [1.54, 1.807) is 18.3 Å². The molecule has 114 valence electrons. The number of hydrogen-bond donors (Lipinski definition) is 1. The van der Waals surface area contributed by atoms with Gasteiger partial charge in [-0.1, -0.05) is 48.7 Å². The molecule has 2 rings (SSSR count). The molecule has 2 unspecified atom stereocenters. The molecule has 0 spiro atoms. The lowest BCUT2D eigenvalue weighted by Gasteiger charge is -2.29. The lowest BCUT2D eigenvalue weighted by molar-refractivity contribution is -0.126. The molecule has 0 heterocycles. The average Bonchev–Trinajstić information content (AvgIpc) is 2.48. The third-order valence-corrected chi connectivity index (χ3v) is 4.05. The standard InChI is InChI=1S/C16H21ClN2O2/c1-12-4-2-3-5-15(12)19-16(20)11-21-18-10-13-6-8-14(17)9-7-13/h6-10,12,15H,2-5,11H2,1H3,(H,19,20)/b18-10+. The van der Waals surface area contributed by atoms with Crippen LogP contribution < -0.4 is 5.32 Å². The number of carbonyl (C=O) groups is 1. The number of amides is 1. The highest BCUT2D eigenvalue weighted by Crippen LogP contribution is 2.23. The minimum atomic E-state index is -0.109. The number of oxime groups is 1. The van der Waals surface area contributed by atoms with Crippen molar-refractivity contribution in [2.45, 2.75) is 38.6 Å². The molecule has 0 bridgehead atoms. The molecule has 1 amide bonds. The minimum Gasteiger partial charge on any atom is -0.386 e. The highest BCUT2D eigenvalue weighted by atomic mass is 35.5. The lowest BCUT2D eigenvalue weighted by atomic mass is 9.86. The zero-order valence-corrected chi connectivity index (χ0v) is 13.0. The Hall–Kier alpha value is -1.55. The third kappa shape index (κ3) is 5.38. The van der Waals surface area contributed by atoms with Crippen molar-refractivity contribution in [2.75, 3.05) is 6.61 Å². The summed E-state index contributed by atoms with van der Waals surface area (Å²) in [6, 6.07) is 7.49. The van der Waals surface area contributed by atoms with Crippen molar-refractivity contribution >= 4 is 23.7 Å². The first kappa shape index (κ1) is 15.8. The van der Waals surface area contributed by atoms with Crippen molar-refractivity contribution in [3.63, 3.8) is 0 Å². The second kappa shape index (κ2) is 8.03. The van der Waals surface area contributed by atoms with Gasteiger partial charge in [0.25, 0.3) is 5.91 Å². The molecule has 1 saturated carbocycles. The maximum Gasteiger partial charge on any atom is 0.261 e. The van der Waals surface area contributed by atoms with E-state index in [0.29, 0.717) is 10.9 Å². The van der Waals surface area contributed by atoms with Gasteiger partial charge < -0.3 is 10.2 Å². The van der Waals surface area contributed by atoms with Gasteiger partial charge in [-0.3, -0.25) is 4.79 Å².